The van der Waals surface area contributed by atoms with E-state index in [4.69, 9.17) is 10.5 Å². The second-order valence-corrected chi connectivity index (χ2v) is 4.61. The second kappa shape index (κ2) is 5.89. The topological polar surface area (TPSA) is 59.6 Å². The average molecular weight is 225 g/mol. The Hall–Kier alpha value is -1.03. The maximum atomic E-state index is 5.76. The van der Waals surface area contributed by atoms with Crippen LogP contribution < -0.4 is 11.1 Å². The Labute approximate surface area is 98.0 Å². The van der Waals surface area contributed by atoms with Crippen molar-refractivity contribution in [2.45, 2.75) is 38.2 Å². The van der Waals surface area contributed by atoms with E-state index in [1.807, 2.05) is 6.92 Å². The summed E-state index contributed by atoms with van der Waals surface area (Å²) in [7, 11) is 1.76. The minimum absolute atomic E-state index is 0.0739. The highest BCUT2D eigenvalue weighted by atomic mass is 16.5. The van der Waals surface area contributed by atoms with Gasteiger partial charge >= 0.3 is 0 Å². The zero-order valence-electron chi connectivity index (χ0n) is 10.4. The first kappa shape index (κ1) is 13.0. The zero-order chi connectivity index (χ0) is 12.0. The van der Waals surface area contributed by atoms with Crippen molar-refractivity contribution in [2.75, 3.05) is 20.2 Å². The Morgan fingerprint density at radius 2 is 2.12 bits per heavy atom. The molecule has 16 heavy (non-hydrogen) atoms. The molecule has 0 spiro atoms. The Bertz CT molecular complexity index is 267. The van der Waals surface area contributed by atoms with Crippen LogP contribution in [0.1, 0.15) is 32.6 Å². The van der Waals surface area contributed by atoms with Crippen LogP contribution in [-0.2, 0) is 4.74 Å². The largest absolute Gasteiger partial charge is 0.376 e. The number of hydrogen-bond donors (Lipinski definition) is 2. The van der Waals surface area contributed by atoms with Crippen molar-refractivity contribution in [1.82, 2.24) is 5.32 Å². The summed E-state index contributed by atoms with van der Waals surface area (Å²) in [5, 5.41) is 3.02. The van der Waals surface area contributed by atoms with E-state index in [2.05, 4.69) is 16.9 Å². The third kappa shape index (κ3) is 3.85. The maximum Gasteiger partial charge on any atom is 0.188 e. The zero-order valence-corrected chi connectivity index (χ0v) is 10.4. The third-order valence-corrected chi connectivity index (χ3v) is 3.06. The van der Waals surface area contributed by atoms with Gasteiger partial charge in [0.2, 0.25) is 0 Å². The molecule has 0 radical (unpaired) electrons. The first-order chi connectivity index (χ1) is 7.58. The summed E-state index contributed by atoms with van der Waals surface area (Å²) >= 11 is 0. The Balaban J connectivity index is 2.40. The Morgan fingerprint density at radius 1 is 1.50 bits per heavy atom. The van der Waals surface area contributed by atoms with Crippen LogP contribution in [0.3, 0.4) is 0 Å². The summed E-state index contributed by atoms with van der Waals surface area (Å²) in [4.78, 5) is 4.34. The summed E-state index contributed by atoms with van der Waals surface area (Å²) in [6, 6.07) is 0. The number of nitrogens with one attached hydrogen (secondary N) is 1. The van der Waals surface area contributed by atoms with E-state index in [0.717, 1.165) is 18.4 Å². The highest BCUT2D eigenvalue weighted by Gasteiger charge is 2.33. The summed E-state index contributed by atoms with van der Waals surface area (Å²) in [6.45, 7) is 7.08. The van der Waals surface area contributed by atoms with Gasteiger partial charge in [-0.25, -0.2) is 0 Å². The van der Waals surface area contributed by atoms with E-state index < -0.39 is 0 Å². The van der Waals surface area contributed by atoms with E-state index in [9.17, 15) is 0 Å². The molecule has 0 saturated heterocycles. The molecule has 3 N–H and O–H groups in total. The molecule has 0 unspecified atom stereocenters. The van der Waals surface area contributed by atoms with E-state index >= 15 is 0 Å². The van der Waals surface area contributed by atoms with Crippen LogP contribution in [0.4, 0.5) is 0 Å². The predicted octanol–water partition coefficient (Wildman–Crippen LogP) is 1.43. The van der Waals surface area contributed by atoms with E-state index in [-0.39, 0.29) is 5.60 Å². The van der Waals surface area contributed by atoms with Crippen LogP contribution in [-0.4, -0.2) is 31.8 Å². The first-order valence-corrected chi connectivity index (χ1v) is 5.81. The van der Waals surface area contributed by atoms with Crippen molar-refractivity contribution >= 4 is 5.96 Å². The molecule has 92 valence electrons. The van der Waals surface area contributed by atoms with Crippen LogP contribution in [0.25, 0.3) is 0 Å². The van der Waals surface area contributed by atoms with Gasteiger partial charge in [-0.3, -0.25) is 4.99 Å². The molecule has 0 aromatic rings. The number of aliphatic imine (C=N–C) groups is 1. The third-order valence-electron chi connectivity index (χ3n) is 3.06. The standard InChI is InChI=1S/C12H23N3O/c1-10(2)8-14-11(13)15-9-12(16-3)6-4-5-7-12/h1,4-9H2,2-3H3,(H3,13,14,15). The van der Waals surface area contributed by atoms with Crippen LogP contribution in [0.15, 0.2) is 17.1 Å². The lowest BCUT2D eigenvalue weighted by molar-refractivity contribution is 0.00424. The molecule has 0 aromatic heterocycles. The van der Waals surface area contributed by atoms with Crippen molar-refractivity contribution in [2.24, 2.45) is 10.7 Å². The van der Waals surface area contributed by atoms with Crippen molar-refractivity contribution in [1.29, 1.82) is 0 Å². The lowest BCUT2D eigenvalue weighted by atomic mass is 10.0. The Kier molecular flexibility index (Phi) is 4.80. The van der Waals surface area contributed by atoms with Crippen LogP contribution in [0.5, 0.6) is 0 Å². The number of nitrogens with zero attached hydrogens (tertiary/aromatic N) is 1. The maximum absolute atomic E-state index is 5.76. The fourth-order valence-electron chi connectivity index (χ4n) is 1.97. The molecule has 0 amide bonds. The summed E-state index contributed by atoms with van der Waals surface area (Å²) in [5.41, 5.74) is 6.72. The molecule has 4 nitrogen and oxygen atoms in total. The highest BCUT2D eigenvalue weighted by molar-refractivity contribution is 5.78. The smallest absolute Gasteiger partial charge is 0.188 e. The minimum Gasteiger partial charge on any atom is -0.376 e. The predicted molar refractivity (Wildman–Crippen MR) is 67.5 cm³/mol. The van der Waals surface area contributed by atoms with Gasteiger partial charge in [0, 0.05) is 13.7 Å². The van der Waals surface area contributed by atoms with Crippen molar-refractivity contribution in [3.63, 3.8) is 0 Å². The molecule has 0 atom stereocenters. The second-order valence-electron chi connectivity index (χ2n) is 4.61. The van der Waals surface area contributed by atoms with Gasteiger partial charge in [0.05, 0.1) is 12.1 Å². The van der Waals surface area contributed by atoms with Gasteiger partial charge in [0.25, 0.3) is 0 Å². The summed E-state index contributed by atoms with van der Waals surface area (Å²) in [6.07, 6.45) is 4.62. The Morgan fingerprint density at radius 3 is 2.62 bits per heavy atom. The van der Waals surface area contributed by atoms with Gasteiger partial charge in [-0.15, -0.1) is 0 Å². The van der Waals surface area contributed by atoms with Crippen molar-refractivity contribution in [3.8, 4) is 0 Å². The quantitative estimate of drug-likeness (QED) is 0.423. The average Bonchev–Trinajstić information content (AvgIpc) is 2.73. The number of rotatable bonds is 5. The minimum atomic E-state index is -0.0739. The first-order valence-electron chi connectivity index (χ1n) is 5.81. The van der Waals surface area contributed by atoms with Gasteiger partial charge in [0.1, 0.15) is 0 Å². The van der Waals surface area contributed by atoms with Crippen LogP contribution >= 0.6 is 0 Å². The molecule has 1 saturated carbocycles. The molecule has 1 aliphatic rings. The van der Waals surface area contributed by atoms with Gasteiger partial charge in [-0.2, -0.15) is 0 Å². The molecule has 0 heterocycles. The van der Waals surface area contributed by atoms with Crippen LogP contribution in [0.2, 0.25) is 0 Å². The number of ether oxygens (including phenoxy) is 1. The molecule has 0 aliphatic heterocycles. The lowest BCUT2D eigenvalue weighted by Crippen LogP contribution is -2.37. The fourth-order valence-corrected chi connectivity index (χ4v) is 1.97. The highest BCUT2D eigenvalue weighted by Crippen LogP contribution is 2.32. The SMILES string of the molecule is C=C(C)CNC(N)=NCC1(OC)CCCC1. The van der Waals surface area contributed by atoms with E-state index in [1.54, 1.807) is 7.11 Å². The van der Waals surface area contributed by atoms with Crippen molar-refractivity contribution in [3.05, 3.63) is 12.2 Å². The molecular formula is C12H23N3O. The number of guanidine groups is 1. The lowest BCUT2D eigenvalue weighted by Gasteiger charge is -2.25. The van der Waals surface area contributed by atoms with Gasteiger partial charge in [0.15, 0.2) is 5.96 Å². The van der Waals surface area contributed by atoms with Crippen molar-refractivity contribution < 1.29 is 4.74 Å². The van der Waals surface area contributed by atoms with Gasteiger partial charge in [-0.1, -0.05) is 25.0 Å². The van der Waals surface area contributed by atoms with Crippen LogP contribution in [0, 0.1) is 0 Å². The molecular weight excluding hydrogens is 202 g/mol. The van der Waals surface area contributed by atoms with Gasteiger partial charge in [-0.05, 0) is 19.8 Å². The van der Waals surface area contributed by atoms with Gasteiger partial charge < -0.3 is 15.8 Å². The van der Waals surface area contributed by atoms with E-state index in [0.29, 0.717) is 19.0 Å². The number of hydrogen-bond acceptors (Lipinski definition) is 2. The molecule has 0 aromatic carbocycles. The monoisotopic (exact) mass is 225 g/mol. The number of nitrogens with two attached hydrogens (primary N) is 1. The van der Waals surface area contributed by atoms with E-state index in [1.165, 1.54) is 12.8 Å². The normalized spacial score (nSPS) is 19.8. The molecule has 1 aliphatic carbocycles. The summed E-state index contributed by atoms with van der Waals surface area (Å²) in [5.74, 6) is 0.478. The molecule has 1 rings (SSSR count). The molecule has 0 bridgehead atoms. The molecule has 1 fully saturated rings. The fraction of sp³-hybridized carbons (Fsp3) is 0.750. The summed E-state index contributed by atoms with van der Waals surface area (Å²) < 4.78 is 5.57. The molecule has 4 heteroatoms. The number of methoxy groups -OCH3 is 1.